The van der Waals surface area contributed by atoms with Gasteiger partial charge in [0.15, 0.2) is 0 Å². The molecule has 0 aliphatic rings. The third-order valence-corrected chi connectivity index (χ3v) is 4.98. The number of nitrogens with zero attached hydrogens (tertiary/aromatic N) is 3. The van der Waals surface area contributed by atoms with Crippen LogP contribution in [-0.2, 0) is 6.54 Å². The molecule has 6 heteroatoms. The lowest BCUT2D eigenvalue weighted by Gasteiger charge is -2.08. The van der Waals surface area contributed by atoms with Crippen molar-refractivity contribution in [3.63, 3.8) is 0 Å². The van der Waals surface area contributed by atoms with Crippen molar-refractivity contribution in [2.45, 2.75) is 27.3 Å². The minimum Gasteiger partial charge on any atom is -0.444 e. The molecular formula is C19H18N4OS. The standard InChI is InChI=1S/C19H18N4OS/c1-11-12(2)24-16(21-11)9-20-18-17-15(14-7-5-4-6-8-14)10-25-19(17)23-13(3)22-18/h4-8,10H,9H2,1-3H3,(H,20,22,23). The van der Waals surface area contributed by atoms with E-state index in [0.717, 1.165) is 44.4 Å². The molecule has 0 saturated carbocycles. The van der Waals surface area contributed by atoms with Crippen LogP contribution in [0.5, 0.6) is 0 Å². The number of hydrogen-bond donors (Lipinski definition) is 1. The van der Waals surface area contributed by atoms with E-state index in [1.165, 1.54) is 0 Å². The number of benzene rings is 1. The van der Waals surface area contributed by atoms with E-state index in [9.17, 15) is 0 Å². The van der Waals surface area contributed by atoms with Crippen LogP contribution in [0.4, 0.5) is 5.82 Å². The molecule has 0 aliphatic heterocycles. The summed E-state index contributed by atoms with van der Waals surface area (Å²) in [6, 6.07) is 10.3. The maximum absolute atomic E-state index is 5.66. The summed E-state index contributed by atoms with van der Waals surface area (Å²) in [6.45, 7) is 6.27. The van der Waals surface area contributed by atoms with Crippen molar-refractivity contribution >= 4 is 27.4 Å². The Hall–Kier alpha value is -2.73. The molecule has 3 aromatic heterocycles. The predicted molar refractivity (Wildman–Crippen MR) is 101 cm³/mol. The summed E-state index contributed by atoms with van der Waals surface area (Å²) < 4.78 is 5.66. The molecule has 0 saturated heterocycles. The highest BCUT2D eigenvalue weighted by molar-refractivity contribution is 7.17. The van der Waals surface area contributed by atoms with E-state index in [4.69, 9.17) is 4.42 Å². The Morgan fingerprint density at radius 1 is 1.04 bits per heavy atom. The number of thiophene rings is 1. The smallest absolute Gasteiger partial charge is 0.213 e. The Morgan fingerprint density at radius 2 is 1.84 bits per heavy atom. The average molecular weight is 350 g/mol. The molecular weight excluding hydrogens is 332 g/mol. The first kappa shape index (κ1) is 15.8. The summed E-state index contributed by atoms with van der Waals surface area (Å²) in [5.74, 6) is 3.07. The van der Waals surface area contributed by atoms with E-state index in [-0.39, 0.29) is 0 Å². The van der Waals surface area contributed by atoms with Crippen molar-refractivity contribution in [3.05, 3.63) is 58.9 Å². The van der Waals surface area contributed by atoms with Gasteiger partial charge in [-0.1, -0.05) is 30.3 Å². The first-order valence-electron chi connectivity index (χ1n) is 8.10. The summed E-state index contributed by atoms with van der Waals surface area (Å²) in [5, 5.41) is 6.56. The zero-order valence-corrected chi connectivity index (χ0v) is 15.1. The number of anilines is 1. The molecule has 0 bridgehead atoms. The fourth-order valence-electron chi connectivity index (χ4n) is 2.78. The second-order valence-electron chi connectivity index (χ2n) is 5.92. The molecule has 4 aromatic rings. The topological polar surface area (TPSA) is 63.8 Å². The van der Waals surface area contributed by atoms with Crippen molar-refractivity contribution in [1.82, 2.24) is 15.0 Å². The summed E-state index contributed by atoms with van der Waals surface area (Å²) in [4.78, 5) is 14.6. The normalized spacial score (nSPS) is 11.2. The van der Waals surface area contributed by atoms with Gasteiger partial charge in [0.2, 0.25) is 5.89 Å². The molecule has 1 aromatic carbocycles. The number of rotatable bonds is 4. The number of aromatic nitrogens is 3. The minimum atomic E-state index is 0.490. The summed E-state index contributed by atoms with van der Waals surface area (Å²) in [7, 11) is 0. The molecule has 0 aliphatic carbocycles. The number of oxazole rings is 1. The van der Waals surface area contributed by atoms with Gasteiger partial charge in [0, 0.05) is 10.9 Å². The van der Waals surface area contributed by atoms with Crippen molar-refractivity contribution in [1.29, 1.82) is 0 Å². The Labute approximate surface area is 149 Å². The van der Waals surface area contributed by atoms with Crippen LogP contribution < -0.4 is 5.32 Å². The monoisotopic (exact) mass is 350 g/mol. The Balaban J connectivity index is 1.75. The second kappa shape index (κ2) is 6.29. The van der Waals surface area contributed by atoms with E-state index < -0.39 is 0 Å². The predicted octanol–water partition coefficient (Wildman–Crippen LogP) is 4.88. The Kier molecular flexibility index (Phi) is 3.97. The van der Waals surface area contributed by atoms with Gasteiger partial charge in [0.1, 0.15) is 22.2 Å². The fourth-order valence-corrected chi connectivity index (χ4v) is 3.77. The Bertz CT molecular complexity index is 1020. The molecule has 0 atom stereocenters. The highest BCUT2D eigenvalue weighted by atomic mass is 32.1. The van der Waals surface area contributed by atoms with Gasteiger partial charge >= 0.3 is 0 Å². The second-order valence-corrected chi connectivity index (χ2v) is 6.78. The van der Waals surface area contributed by atoms with Crippen molar-refractivity contribution in [3.8, 4) is 11.1 Å². The SMILES string of the molecule is Cc1nc(NCc2nc(C)c(C)o2)c2c(-c3ccccc3)csc2n1. The largest absolute Gasteiger partial charge is 0.444 e. The first-order valence-corrected chi connectivity index (χ1v) is 8.98. The van der Waals surface area contributed by atoms with Crippen LogP contribution in [-0.4, -0.2) is 15.0 Å². The number of fused-ring (bicyclic) bond motifs is 1. The third-order valence-electron chi connectivity index (χ3n) is 4.11. The van der Waals surface area contributed by atoms with Crippen LogP contribution in [0.2, 0.25) is 0 Å². The maximum atomic E-state index is 5.66. The van der Waals surface area contributed by atoms with Crippen LogP contribution in [0.3, 0.4) is 0 Å². The van der Waals surface area contributed by atoms with Gasteiger partial charge in [0.05, 0.1) is 17.6 Å². The van der Waals surface area contributed by atoms with Crippen LogP contribution in [0.1, 0.15) is 23.2 Å². The lowest BCUT2D eigenvalue weighted by atomic mass is 10.1. The molecule has 4 rings (SSSR count). The maximum Gasteiger partial charge on any atom is 0.213 e. The average Bonchev–Trinajstić information content (AvgIpc) is 3.17. The van der Waals surface area contributed by atoms with Gasteiger partial charge < -0.3 is 9.73 Å². The zero-order valence-electron chi connectivity index (χ0n) is 14.3. The molecule has 5 nitrogen and oxygen atoms in total. The van der Waals surface area contributed by atoms with Crippen LogP contribution >= 0.6 is 11.3 Å². The van der Waals surface area contributed by atoms with Crippen LogP contribution in [0.15, 0.2) is 40.1 Å². The first-order chi connectivity index (χ1) is 12.1. The van der Waals surface area contributed by atoms with Crippen molar-refractivity contribution in [2.24, 2.45) is 0 Å². The van der Waals surface area contributed by atoms with Gasteiger partial charge in [-0.3, -0.25) is 0 Å². The van der Waals surface area contributed by atoms with Crippen LogP contribution in [0.25, 0.3) is 21.3 Å². The van der Waals surface area contributed by atoms with Gasteiger partial charge in [-0.2, -0.15) is 0 Å². The van der Waals surface area contributed by atoms with Gasteiger partial charge in [-0.05, 0) is 26.3 Å². The minimum absolute atomic E-state index is 0.490. The summed E-state index contributed by atoms with van der Waals surface area (Å²) in [6.07, 6.45) is 0. The lowest BCUT2D eigenvalue weighted by Crippen LogP contribution is -2.04. The van der Waals surface area contributed by atoms with Crippen molar-refractivity contribution in [2.75, 3.05) is 5.32 Å². The molecule has 0 unspecified atom stereocenters. The molecule has 1 N–H and O–H groups in total. The molecule has 0 amide bonds. The highest BCUT2D eigenvalue weighted by Gasteiger charge is 2.15. The van der Waals surface area contributed by atoms with E-state index in [2.05, 4.69) is 37.8 Å². The van der Waals surface area contributed by atoms with E-state index in [1.54, 1.807) is 11.3 Å². The van der Waals surface area contributed by atoms with Crippen molar-refractivity contribution < 1.29 is 4.42 Å². The quantitative estimate of drug-likeness (QED) is 0.568. The van der Waals surface area contributed by atoms with E-state index in [1.807, 2.05) is 39.0 Å². The molecule has 25 heavy (non-hydrogen) atoms. The Morgan fingerprint density at radius 3 is 2.56 bits per heavy atom. The number of aryl methyl sites for hydroxylation is 3. The zero-order chi connectivity index (χ0) is 17.4. The van der Waals surface area contributed by atoms with Gasteiger partial charge in [-0.25, -0.2) is 15.0 Å². The number of hydrogen-bond acceptors (Lipinski definition) is 6. The summed E-state index contributed by atoms with van der Waals surface area (Å²) >= 11 is 1.64. The van der Waals surface area contributed by atoms with Crippen LogP contribution in [0, 0.1) is 20.8 Å². The molecule has 0 spiro atoms. The molecule has 3 heterocycles. The lowest BCUT2D eigenvalue weighted by molar-refractivity contribution is 0.478. The fraction of sp³-hybridized carbons (Fsp3) is 0.211. The third kappa shape index (κ3) is 3.00. The molecule has 0 fully saturated rings. The number of nitrogens with one attached hydrogen (secondary N) is 1. The molecule has 0 radical (unpaired) electrons. The highest BCUT2D eigenvalue weighted by Crippen LogP contribution is 2.36. The van der Waals surface area contributed by atoms with E-state index >= 15 is 0 Å². The van der Waals surface area contributed by atoms with E-state index in [0.29, 0.717) is 12.4 Å². The van der Waals surface area contributed by atoms with Gasteiger partial charge in [0.25, 0.3) is 0 Å². The van der Waals surface area contributed by atoms with Gasteiger partial charge in [-0.15, -0.1) is 11.3 Å². The summed E-state index contributed by atoms with van der Waals surface area (Å²) in [5.41, 5.74) is 3.22. The molecule has 126 valence electrons.